The highest BCUT2D eigenvalue weighted by molar-refractivity contribution is 5.61. The van der Waals surface area contributed by atoms with Crippen LogP contribution in [-0.2, 0) is 9.59 Å². The number of methoxy groups -OCH3 is 1. The molecule has 1 aromatic carbocycles. The fourth-order valence-corrected chi connectivity index (χ4v) is 0.920. The van der Waals surface area contributed by atoms with Crippen LogP contribution in [0.25, 0.3) is 0 Å². The summed E-state index contributed by atoms with van der Waals surface area (Å²) in [7, 11) is 1.46. The van der Waals surface area contributed by atoms with Gasteiger partial charge in [-0.3, -0.25) is 0 Å². The van der Waals surface area contributed by atoms with Gasteiger partial charge in [0.05, 0.1) is 18.5 Å². The third-order valence-corrected chi connectivity index (χ3v) is 1.46. The van der Waals surface area contributed by atoms with Crippen LogP contribution < -0.4 is 4.74 Å². The van der Waals surface area contributed by atoms with Gasteiger partial charge in [-0.1, -0.05) is 0 Å². The second-order valence-electron chi connectivity index (χ2n) is 2.30. The highest BCUT2D eigenvalue weighted by Crippen LogP contribution is 2.27. The van der Waals surface area contributed by atoms with Gasteiger partial charge in [0.25, 0.3) is 0 Å². The minimum Gasteiger partial charge on any atom is -0.497 e. The number of benzene rings is 1. The van der Waals surface area contributed by atoms with Crippen LogP contribution in [0.5, 0.6) is 5.75 Å². The van der Waals surface area contributed by atoms with Crippen molar-refractivity contribution >= 4 is 23.5 Å². The molecule has 0 amide bonds. The molecule has 0 fully saturated rings. The normalized spacial score (nSPS) is 8.36. The van der Waals surface area contributed by atoms with Gasteiger partial charge >= 0.3 is 0 Å². The van der Waals surface area contributed by atoms with Crippen LogP contribution in [0.3, 0.4) is 0 Å². The summed E-state index contributed by atoms with van der Waals surface area (Å²) < 4.78 is 4.91. The molecule has 1 rings (SSSR count). The van der Waals surface area contributed by atoms with Crippen molar-refractivity contribution in [1.82, 2.24) is 0 Å². The Balaban J connectivity index is 3.25. The van der Waals surface area contributed by atoms with E-state index in [1.54, 1.807) is 0 Å². The molecule has 0 aliphatic rings. The minimum absolute atomic E-state index is 0.327. The first kappa shape index (κ1) is 9.86. The SMILES string of the molecule is COc1cc(N=C=O)cc(N=C=O)c1. The van der Waals surface area contributed by atoms with Gasteiger partial charge in [-0.05, 0) is 6.07 Å². The number of aliphatic imine (C=N–C) groups is 2. The van der Waals surface area contributed by atoms with Crippen molar-refractivity contribution in [1.29, 1.82) is 0 Å². The molecule has 0 saturated carbocycles. The predicted octanol–water partition coefficient (Wildman–Crippen LogP) is 1.63. The smallest absolute Gasteiger partial charge is 0.240 e. The Morgan fingerprint density at radius 3 is 1.93 bits per heavy atom. The third-order valence-electron chi connectivity index (χ3n) is 1.46. The zero-order chi connectivity index (χ0) is 10.4. The monoisotopic (exact) mass is 190 g/mol. The van der Waals surface area contributed by atoms with E-state index in [4.69, 9.17) is 4.74 Å². The molecule has 5 nitrogen and oxygen atoms in total. The Kier molecular flexibility index (Phi) is 3.33. The molecule has 0 aliphatic heterocycles. The van der Waals surface area contributed by atoms with E-state index < -0.39 is 0 Å². The van der Waals surface area contributed by atoms with Crippen LogP contribution in [0.15, 0.2) is 28.2 Å². The number of rotatable bonds is 3. The molecule has 5 heteroatoms. The first-order valence-electron chi connectivity index (χ1n) is 3.65. The molecule has 0 spiro atoms. The maximum absolute atomic E-state index is 10.0. The molecule has 0 saturated heterocycles. The van der Waals surface area contributed by atoms with E-state index in [2.05, 4.69) is 9.98 Å². The summed E-state index contributed by atoms with van der Waals surface area (Å²) >= 11 is 0. The van der Waals surface area contributed by atoms with E-state index in [1.165, 1.54) is 37.5 Å². The second-order valence-corrected chi connectivity index (χ2v) is 2.30. The molecule has 0 radical (unpaired) electrons. The van der Waals surface area contributed by atoms with Crippen molar-refractivity contribution in [2.45, 2.75) is 0 Å². The molecule has 0 unspecified atom stereocenters. The number of isocyanates is 2. The average molecular weight is 190 g/mol. The molecule has 1 aromatic rings. The van der Waals surface area contributed by atoms with Crippen molar-refractivity contribution in [2.24, 2.45) is 9.98 Å². The zero-order valence-corrected chi connectivity index (χ0v) is 7.35. The van der Waals surface area contributed by atoms with Gasteiger partial charge in [-0.2, -0.15) is 9.98 Å². The maximum atomic E-state index is 10.0. The minimum atomic E-state index is 0.327. The molecule has 0 atom stereocenters. The first-order valence-corrected chi connectivity index (χ1v) is 3.65. The first-order chi connectivity index (χ1) is 6.80. The van der Waals surface area contributed by atoms with E-state index in [1.807, 2.05) is 0 Å². The topological polar surface area (TPSA) is 68.1 Å². The number of hydrogen-bond donors (Lipinski definition) is 0. The summed E-state index contributed by atoms with van der Waals surface area (Å²) in [5, 5.41) is 0. The highest BCUT2D eigenvalue weighted by Gasteiger charge is 1.99. The Bertz CT molecular complexity index is 393. The standard InChI is InChI=1S/C9H6N2O3/c1-14-9-3-7(10-5-12)2-8(4-9)11-6-13/h2-4H,1H3. The van der Waals surface area contributed by atoms with Crippen LogP contribution >= 0.6 is 0 Å². The van der Waals surface area contributed by atoms with Crippen molar-refractivity contribution in [3.63, 3.8) is 0 Å². The van der Waals surface area contributed by atoms with Crippen molar-refractivity contribution in [3.8, 4) is 5.75 Å². The summed E-state index contributed by atoms with van der Waals surface area (Å²) in [6, 6.07) is 4.49. The lowest BCUT2D eigenvalue weighted by atomic mass is 10.2. The van der Waals surface area contributed by atoms with Gasteiger partial charge in [0, 0.05) is 12.1 Å². The quantitative estimate of drug-likeness (QED) is 0.537. The van der Waals surface area contributed by atoms with Gasteiger partial charge in [0.1, 0.15) is 5.75 Å². The number of carbonyl (C=O) groups excluding carboxylic acids is 2. The van der Waals surface area contributed by atoms with Gasteiger partial charge in [-0.25, -0.2) is 9.59 Å². The predicted molar refractivity (Wildman–Crippen MR) is 48.6 cm³/mol. The van der Waals surface area contributed by atoms with Gasteiger partial charge in [0.15, 0.2) is 0 Å². The largest absolute Gasteiger partial charge is 0.497 e. The van der Waals surface area contributed by atoms with Crippen LogP contribution in [0, 0.1) is 0 Å². The molecule has 70 valence electrons. The van der Waals surface area contributed by atoms with E-state index >= 15 is 0 Å². The van der Waals surface area contributed by atoms with Crippen molar-refractivity contribution in [3.05, 3.63) is 18.2 Å². The molecule has 14 heavy (non-hydrogen) atoms. The molecule has 0 bridgehead atoms. The van der Waals surface area contributed by atoms with E-state index in [0.717, 1.165) is 0 Å². The maximum Gasteiger partial charge on any atom is 0.240 e. The Morgan fingerprint density at radius 2 is 1.57 bits per heavy atom. The lowest BCUT2D eigenvalue weighted by Crippen LogP contribution is -1.81. The highest BCUT2D eigenvalue weighted by atomic mass is 16.5. The summed E-state index contributed by atoms with van der Waals surface area (Å²) in [6.45, 7) is 0. The summed E-state index contributed by atoms with van der Waals surface area (Å²) in [5.74, 6) is 0.454. The molecule has 0 N–H and O–H groups in total. The van der Waals surface area contributed by atoms with Gasteiger partial charge in [0.2, 0.25) is 12.2 Å². The molecule has 0 heterocycles. The lowest BCUT2D eigenvalue weighted by Gasteiger charge is -2.00. The molecular weight excluding hydrogens is 184 g/mol. The summed E-state index contributed by atoms with van der Waals surface area (Å²) in [6.07, 6.45) is 2.77. The fraction of sp³-hybridized carbons (Fsp3) is 0.111. The number of hydrogen-bond acceptors (Lipinski definition) is 5. The average Bonchev–Trinajstić information content (AvgIpc) is 2.18. The molecule has 0 aromatic heterocycles. The van der Waals surface area contributed by atoms with Crippen LogP contribution in [0.4, 0.5) is 11.4 Å². The van der Waals surface area contributed by atoms with Crippen LogP contribution in [0.1, 0.15) is 0 Å². The van der Waals surface area contributed by atoms with E-state index in [0.29, 0.717) is 17.1 Å². The summed E-state index contributed by atoms with van der Waals surface area (Å²) in [4.78, 5) is 26.8. The Labute approximate surface area is 79.8 Å². The molecular formula is C9H6N2O3. The second kappa shape index (κ2) is 4.72. The molecule has 0 aliphatic carbocycles. The Hall–Kier alpha value is -2.22. The zero-order valence-electron chi connectivity index (χ0n) is 7.35. The fourth-order valence-electron chi connectivity index (χ4n) is 0.920. The van der Waals surface area contributed by atoms with Gasteiger partial charge in [-0.15, -0.1) is 0 Å². The van der Waals surface area contributed by atoms with E-state index in [-0.39, 0.29) is 0 Å². The van der Waals surface area contributed by atoms with E-state index in [9.17, 15) is 9.59 Å². The van der Waals surface area contributed by atoms with Crippen LogP contribution in [-0.4, -0.2) is 19.3 Å². The van der Waals surface area contributed by atoms with Crippen molar-refractivity contribution < 1.29 is 14.3 Å². The Morgan fingerprint density at radius 1 is 1.07 bits per heavy atom. The van der Waals surface area contributed by atoms with Crippen molar-refractivity contribution in [2.75, 3.05) is 7.11 Å². The van der Waals surface area contributed by atoms with Gasteiger partial charge < -0.3 is 4.74 Å². The number of nitrogens with zero attached hydrogens (tertiary/aromatic N) is 2. The number of ether oxygens (including phenoxy) is 1. The summed E-state index contributed by atoms with van der Waals surface area (Å²) in [5.41, 5.74) is 0.654. The lowest BCUT2D eigenvalue weighted by molar-refractivity contribution is 0.415. The van der Waals surface area contributed by atoms with Crippen LogP contribution in [0.2, 0.25) is 0 Å². The third kappa shape index (κ3) is 2.38.